The lowest BCUT2D eigenvalue weighted by atomic mass is 9.95. The van der Waals surface area contributed by atoms with E-state index < -0.39 is 0 Å². The zero-order valence-corrected chi connectivity index (χ0v) is 20.3. The van der Waals surface area contributed by atoms with Crippen molar-refractivity contribution in [3.05, 3.63) is 90.5 Å². The average molecular weight is 494 g/mol. The van der Waals surface area contributed by atoms with Gasteiger partial charge >= 0.3 is 0 Å². The molecule has 1 aliphatic heterocycles. The molecular formula is C27H27N9O. The number of carbonyl (C=O) groups is 1. The Bertz CT molecular complexity index is 1490. The lowest BCUT2D eigenvalue weighted by molar-refractivity contribution is -0.125. The molecule has 4 heterocycles. The van der Waals surface area contributed by atoms with Gasteiger partial charge in [0.1, 0.15) is 0 Å². The number of hydrogen-bond acceptors (Lipinski definition) is 7. The molecule has 6 rings (SSSR count). The number of hydrogen-bond donors (Lipinski definition) is 1. The number of aromatic nitrogens is 7. The zero-order chi connectivity index (χ0) is 25.0. The lowest BCUT2D eigenvalue weighted by Crippen LogP contribution is -2.40. The van der Waals surface area contributed by atoms with Crippen molar-refractivity contribution < 1.29 is 4.79 Å². The van der Waals surface area contributed by atoms with Crippen LogP contribution < -0.4 is 10.2 Å². The molecule has 186 valence electrons. The molecule has 0 bridgehead atoms. The predicted octanol–water partition coefficient (Wildman–Crippen LogP) is 2.96. The standard InChI is InChI=1S/C27H27N9O/c37-27(22-11-14-35(15-12-22)26-10-9-25-30-32-33-36(25)31-26)29-17-23-3-1-2-4-24(23)21-7-5-20(6-8-21)18-34-16-13-28-19-34/h1-10,13,16,19,22H,11-12,14-15,17-18H2,(H,29,37). The van der Waals surface area contributed by atoms with E-state index >= 15 is 0 Å². The van der Waals surface area contributed by atoms with Crippen LogP contribution in [-0.2, 0) is 17.9 Å². The van der Waals surface area contributed by atoms with E-state index in [2.05, 4.69) is 72.2 Å². The number of anilines is 1. The van der Waals surface area contributed by atoms with Crippen molar-refractivity contribution in [2.24, 2.45) is 5.92 Å². The predicted molar refractivity (Wildman–Crippen MR) is 139 cm³/mol. The third kappa shape index (κ3) is 5.04. The number of benzene rings is 2. The molecular weight excluding hydrogens is 466 g/mol. The molecule has 37 heavy (non-hydrogen) atoms. The zero-order valence-electron chi connectivity index (χ0n) is 20.3. The summed E-state index contributed by atoms with van der Waals surface area (Å²) in [6.07, 6.45) is 7.13. The number of nitrogens with zero attached hydrogens (tertiary/aromatic N) is 8. The van der Waals surface area contributed by atoms with Gasteiger partial charge in [-0.05, 0) is 57.7 Å². The Hall–Kier alpha value is -4.60. The fraction of sp³-hybridized carbons (Fsp3) is 0.259. The van der Waals surface area contributed by atoms with E-state index in [1.165, 1.54) is 10.2 Å². The first-order chi connectivity index (χ1) is 18.2. The fourth-order valence-electron chi connectivity index (χ4n) is 4.84. The SMILES string of the molecule is O=C(NCc1ccccc1-c1ccc(Cn2ccnc2)cc1)C1CCN(c2ccc3nnnn3n2)CC1. The molecule has 5 aromatic rings. The van der Waals surface area contributed by atoms with E-state index in [1.807, 2.05) is 41.4 Å². The van der Waals surface area contributed by atoms with Gasteiger partial charge in [0.15, 0.2) is 11.5 Å². The van der Waals surface area contributed by atoms with Crippen LogP contribution >= 0.6 is 0 Å². The van der Waals surface area contributed by atoms with Gasteiger partial charge in [0, 0.05) is 44.5 Å². The third-order valence-corrected chi connectivity index (χ3v) is 6.90. The summed E-state index contributed by atoms with van der Waals surface area (Å²) in [6, 6.07) is 20.6. The van der Waals surface area contributed by atoms with Gasteiger partial charge in [-0.2, -0.15) is 0 Å². The molecule has 1 saturated heterocycles. The van der Waals surface area contributed by atoms with Crippen LogP contribution in [0.1, 0.15) is 24.0 Å². The average Bonchev–Trinajstić information content (AvgIpc) is 3.64. The minimum atomic E-state index is -0.0114. The van der Waals surface area contributed by atoms with Crippen LogP contribution in [0.25, 0.3) is 16.8 Å². The first-order valence-electron chi connectivity index (χ1n) is 12.4. The molecule has 1 aliphatic rings. The highest BCUT2D eigenvalue weighted by atomic mass is 16.1. The number of imidazole rings is 1. The first-order valence-corrected chi connectivity index (χ1v) is 12.4. The van der Waals surface area contributed by atoms with Crippen LogP contribution in [-0.4, -0.2) is 53.8 Å². The number of piperidine rings is 1. The molecule has 0 saturated carbocycles. The van der Waals surface area contributed by atoms with E-state index in [-0.39, 0.29) is 11.8 Å². The summed E-state index contributed by atoms with van der Waals surface area (Å²) in [5, 5.41) is 19.0. The fourth-order valence-corrected chi connectivity index (χ4v) is 4.84. The first kappa shape index (κ1) is 22.8. The number of carbonyl (C=O) groups excluding carboxylic acids is 1. The van der Waals surface area contributed by atoms with Crippen LogP contribution in [0.2, 0.25) is 0 Å². The van der Waals surface area contributed by atoms with E-state index in [9.17, 15) is 4.79 Å². The summed E-state index contributed by atoms with van der Waals surface area (Å²) in [5.74, 6) is 0.917. The number of amides is 1. The molecule has 10 heteroatoms. The Balaban J connectivity index is 1.06. The molecule has 2 aromatic carbocycles. The molecule has 0 aliphatic carbocycles. The normalized spacial score (nSPS) is 14.2. The molecule has 1 N–H and O–H groups in total. The highest BCUT2D eigenvalue weighted by Crippen LogP contribution is 2.25. The maximum Gasteiger partial charge on any atom is 0.223 e. The van der Waals surface area contributed by atoms with Gasteiger partial charge in [-0.25, -0.2) is 4.98 Å². The second kappa shape index (κ2) is 10.2. The van der Waals surface area contributed by atoms with Gasteiger partial charge in [0.05, 0.1) is 6.33 Å². The molecule has 3 aromatic heterocycles. The van der Waals surface area contributed by atoms with Gasteiger partial charge in [0.2, 0.25) is 5.91 Å². The Kier molecular flexibility index (Phi) is 6.28. The maximum atomic E-state index is 13.0. The topological polar surface area (TPSA) is 106 Å². The molecule has 0 spiro atoms. The lowest BCUT2D eigenvalue weighted by Gasteiger charge is -2.31. The van der Waals surface area contributed by atoms with Crippen LogP contribution in [0.5, 0.6) is 0 Å². The summed E-state index contributed by atoms with van der Waals surface area (Å²) >= 11 is 0. The number of tetrazole rings is 1. The molecule has 0 unspecified atom stereocenters. The molecule has 1 fully saturated rings. The van der Waals surface area contributed by atoms with Gasteiger partial charge in [-0.3, -0.25) is 4.79 Å². The summed E-state index contributed by atoms with van der Waals surface area (Å²) in [7, 11) is 0. The highest BCUT2D eigenvalue weighted by molar-refractivity contribution is 5.79. The minimum absolute atomic E-state index is 0.0114. The van der Waals surface area contributed by atoms with Crippen molar-refractivity contribution in [2.75, 3.05) is 18.0 Å². The molecule has 0 radical (unpaired) electrons. The van der Waals surface area contributed by atoms with Crippen molar-refractivity contribution >= 4 is 17.4 Å². The van der Waals surface area contributed by atoms with E-state index in [4.69, 9.17) is 0 Å². The van der Waals surface area contributed by atoms with E-state index in [1.54, 1.807) is 6.20 Å². The van der Waals surface area contributed by atoms with E-state index in [0.29, 0.717) is 12.2 Å². The number of fused-ring (bicyclic) bond motifs is 1. The van der Waals surface area contributed by atoms with E-state index in [0.717, 1.165) is 55.0 Å². The van der Waals surface area contributed by atoms with Crippen molar-refractivity contribution in [3.63, 3.8) is 0 Å². The van der Waals surface area contributed by atoms with Crippen LogP contribution in [0.4, 0.5) is 5.82 Å². The Morgan fingerprint density at radius 3 is 2.65 bits per heavy atom. The van der Waals surface area contributed by atoms with Crippen molar-refractivity contribution in [2.45, 2.75) is 25.9 Å². The maximum absolute atomic E-state index is 13.0. The van der Waals surface area contributed by atoms with Gasteiger partial charge in [-0.15, -0.1) is 14.8 Å². The van der Waals surface area contributed by atoms with Crippen LogP contribution in [0, 0.1) is 5.92 Å². The minimum Gasteiger partial charge on any atom is -0.355 e. The van der Waals surface area contributed by atoms with Gasteiger partial charge in [0.25, 0.3) is 0 Å². The van der Waals surface area contributed by atoms with Crippen LogP contribution in [0.15, 0.2) is 79.4 Å². The summed E-state index contributed by atoms with van der Waals surface area (Å²) in [4.78, 5) is 19.3. The van der Waals surface area contributed by atoms with Crippen molar-refractivity contribution in [1.29, 1.82) is 0 Å². The summed E-state index contributed by atoms with van der Waals surface area (Å²) in [5.41, 5.74) is 5.21. The monoisotopic (exact) mass is 493 g/mol. The number of nitrogens with one attached hydrogen (secondary N) is 1. The van der Waals surface area contributed by atoms with Crippen molar-refractivity contribution in [3.8, 4) is 11.1 Å². The Morgan fingerprint density at radius 1 is 1.00 bits per heavy atom. The van der Waals surface area contributed by atoms with Gasteiger partial charge in [-0.1, -0.05) is 48.5 Å². The third-order valence-electron chi connectivity index (χ3n) is 6.90. The number of rotatable bonds is 7. The highest BCUT2D eigenvalue weighted by Gasteiger charge is 2.26. The van der Waals surface area contributed by atoms with Gasteiger partial charge < -0.3 is 14.8 Å². The second-order valence-corrected chi connectivity index (χ2v) is 9.29. The summed E-state index contributed by atoms with van der Waals surface area (Å²) < 4.78 is 3.48. The quantitative estimate of drug-likeness (QED) is 0.372. The van der Waals surface area contributed by atoms with Crippen molar-refractivity contribution in [1.82, 2.24) is 40.1 Å². The molecule has 10 nitrogen and oxygen atoms in total. The Morgan fingerprint density at radius 2 is 1.84 bits per heavy atom. The molecule has 0 atom stereocenters. The second-order valence-electron chi connectivity index (χ2n) is 9.29. The Labute approximate surface area is 213 Å². The smallest absolute Gasteiger partial charge is 0.223 e. The largest absolute Gasteiger partial charge is 0.355 e. The molecule has 1 amide bonds. The summed E-state index contributed by atoms with van der Waals surface area (Å²) in [6.45, 7) is 2.82. The van der Waals surface area contributed by atoms with Crippen LogP contribution in [0.3, 0.4) is 0 Å².